The lowest BCUT2D eigenvalue weighted by Crippen LogP contribution is -2.52. The van der Waals surface area contributed by atoms with Gasteiger partial charge < -0.3 is 15.0 Å². The Bertz CT molecular complexity index is 407. The van der Waals surface area contributed by atoms with Gasteiger partial charge >= 0.3 is 0 Å². The molecule has 1 aliphatic heterocycles. The lowest BCUT2D eigenvalue weighted by atomic mass is 9.84. The van der Waals surface area contributed by atoms with Crippen molar-refractivity contribution in [3.8, 4) is 0 Å². The number of rotatable bonds is 1. The molecule has 2 heterocycles. The number of nitrogens with zero attached hydrogens (tertiary/aromatic N) is 4. The Hall–Kier alpha value is -0.950. The molecule has 0 saturated carbocycles. The van der Waals surface area contributed by atoms with E-state index in [-0.39, 0.29) is 0 Å². The van der Waals surface area contributed by atoms with Crippen LogP contribution in [-0.2, 0) is 7.05 Å². The van der Waals surface area contributed by atoms with Gasteiger partial charge in [-0.15, -0.1) is 0 Å². The first-order valence-corrected chi connectivity index (χ1v) is 5.65. The standard InChI is InChI=1S/C11H20N4O2/c1-10(2)11(3,4)15(17)9(14(10)16)8-12-6-7-13(8)5/h6-7,9,16-17H,1-5H3. The highest BCUT2D eigenvalue weighted by atomic mass is 16.6. The topological polar surface area (TPSA) is 64.8 Å². The lowest BCUT2D eigenvalue weighted by Gasteiger charge is -2.37. The van der Waals surface area contributed by atoms with Crippen LogP contribution in [0, 0.1) is 0 Å². The Morgan fingerprint density at radius 3 is 1.94 bits per heavy atom. The largest absolute Gasteiger partial charge is 0.335 e. The molecule has 96 valence electrons. The van der Waals surface area contributed by atoms with Crippen LogP contribution in [0.15, 0.2) is 12.4 Å². The van der Waals surface area contributed by atoms with E-state index in [0.29, 0.717) is 5.82 Å². The third kappa shape index (κ3) is 1.45. The van der Waals surface area contributed by atoms with E-state index in [9.17, 15) is 10.4 Å². The maximum Gasteiger partial charge on any atom is 0.169 e. The Morgan fingerprint density at radius 2 is 1.59 bits per heavy atom. The molecule has 17 heavy (non-hydrogen) atoms. The number of hydroxylamine groups is 4. The van der Waals surface area contributed by atoms with Crippen LogP contribution in [0.25, 0.3) is 0 Å². The summed E-state index contributed by atoms with van der Waals surface area (Å²) in [7, 11) is 1.84. The van der Waals surface area contributed by atoms with Crippen molar-refractivity contribution >= 4 is 0 Å². The second kappa shape index (κ2) is 3.52. The van der Waals surface area contributed by atoms with Crippen LogP contribution in [0.2, 0.25) is 0 Å². The maximum atomic E-state index is 10.3. The SMILES string of the molecule is Cn1ccnc1C1N(O)C(C)(C)C(C)(C)N1O. The highest BCUT2D eigenvalue weighted by Gasteiger charge is 2.59. The summed E-state index contributed by atoms with van der Waals surface area (Å²) in [4.78, 5) is 4.19. The fourth-order valence-electron chi connectivity index (χ4n) is 2.12. The summed E-state index contributed by atoms with van der Waals surface area (Å²) in [5.41, 5.74) is -1.17. The molecule has 0 aliphatic carbocycles. The second-order valence-corrected chi connectivity index (χ2v) is 5.58. The Balaban J connectivity index is 2.48. The van der Waals surface area contributed by atoms with Crippen LogP contribution in [0.1, 0.15) is 39.7 Å². The molecule has 1 fully saturated rings. The molecular formula is C11H20N4O2. The first-order valence-electron chi connectivity index (χ1n) is 5.65. The number of hydrogen-bond donors (Lipinski definition) is 2. The van der Waals surface area contributed by atoms with Crippen LogP contribution in [0.3, 0.4) is 0 Å². The molecule has 0 unspecified atom stereocenters. The van der Waals surface area contributed by atoms with Gasteiger partial charge in [0.05, 0.1) is 11.1 Å². The summed E-state index contributed by atoms with van der Waals surface area (Å²) < 4.78 is 1.79. The Kier molecular flexibility index (Phi) is 2.59. The Morgan fingerprint density at radius 1 is 1.12 bits per heavy atom. The second-order valence-electron chi connectivity index (χ2n) is 5.58. The summed E-state index contributed by atoms with van der Waals surface area (Å²) in [6.45, 7) is 7.55. The highest BCUT2D eigenvalue weighted by Crippen LogP contribution is 2.46. The van der Waals surface area contributed by atoms with Gasteiger partial charge in [-0.25, -0.2) is 4.98 Å². The van der Waals surface area contributed by atoms with E-state index in [1.54, 1.807) is 17.0 Å². The lowest BCUT2D eigenvalue weighted by molar-refractivity contribution is -0.226. The van der Waals surface area contributed by atoms with E-state index in [1.165, 1.54) is 0 Å². The molecule has 1 aromatic heterocycles. The molecule has 6 nitrogen and oxygen atoms in total. The van der Waals surface area contributed by atoms with E-state index in [0.717, 1.165) is 10.1 Å². The molecule has 0 aromatic carbocycles. The van der Waals surface area contributed by atoms with E-state index >= 15 is 0 Å². The fraction of sp³-hybridized carbons (Fsp3) is 0.727. The van der Waals surface area contributed by atoms with Gasteiger partial charge in [0.2, 0.25) is 0 Å². The molecule has 1 saturated heterocycles. The minimum Gasteiger partial charge on any atom is -0.335 e. The predicted octanol–water partition coefficient (Wildman–Crippen LogP) is 1.37. The molecule has 6 heteroatoms. The van der Waals surface area contributed by atoms with Crippen molar-refractivity contribution in [1.29, 1.82) is 0 Å². The van der Waals surface area contributed by atoms with Crippen LogP contribution < -0.4 is 0 Å². The zero-order valence-corrected chi connectivity index (χ0v) is 10.9. The minimum atomic E-state index is -0.653. The van der Waals surface area contributed by atoms with Crippen molar-refractivity contribution in [2.45, 2.75) is 44.9 Å². The molecule has 0 amide bonds. The minimum absolute atomic E-state index is 0.585. The van der Waals surface area contributed by atoms with Gasteiger partial charge in [-0.2, -0.15) is 10.1 Å². The quantitative estimate of drug-likeness (QED) is 0.776. The van der Waals surface area contributed by atoms with Crippen molar-refractivity contribution in [2.24, 2.45) is 7.05 Å². The van der Waals surface area contributed by atoms with Crippen LogP contribution in [0.5, 0.6) is 0 Å². The molecule has 0 atom stereocenters. The molecule has 0 radical (unpaired) electrons. The van der Waals surface area contributed by atoms with Crippen molar-refractivity contribution in [3.05, 3.63) is 18.2 Å². The van der Waals surface area contributed by atoms with Gasteiger partial charge in [-0.1, -0.05) is 0 Å². The summed E-state index contributed by atoms with van der Waals surface area (Å²) in [5.74, 6) is 0.605. The van der Waals surface area contributed by atoms with Crippen LogP contribution >= 0.6 is 0 Å². The molecule has 2 N–H and O–H groups in total. The first kappa shape index (κ1) is 12.5. The normalized spacial score (nSPS) is 25.6. The third-order valence-corrected chi connectivity index (χ3v) is 4.20. The molecule has 1 aromatic rings. The van der Waals surface area contributed by atoms with E-state index < -0.39 is 17.2 Å². The van der Waals surface area contributed by atoms with Crippen LogP contribution in [-0.4, -0.2) is 41.2 Å². The Labute approximate surface area is 101 Å². The van der Waals surface area contributed by atoms with Crippen LogP contribution in [0.4, 0.5) is 0 Å². The monoisotopic (exact) mass is 240 g/mol. The number of aromatic nitrogens is 2. The van der Waals surface area contributed by atoms with Gasteiger partial charge in [-0.3, -0.25) is 0 Å². The molecule has 2 rings (SSSR count). The van der Waals surface area contributed by atoms with Gasteiger partial charge in [0, 0.05) is 19.4 Å². The van der Waals surface area contributed by atoms with Gasteiger partial charge in [0.25, 0.3) is 0 Å². The van der Waals surface area contributed by atoms with Crippen molar-refractivity contribution in [3.63, 3.8) is 0 Å². The van der Waals surface area contributed by atoms with E-state index in [1.807, 2.05) is 34.7 Å². The average Bonchev–Trinajstić information content (AvgIpc) is 2.68. The van der Waals surface area contributed by atoms with Crippen molar-refractivity contribution in [2.75, 3.05) is 0 Å². The smallest absolute Gasteiger partial charge is 0.169 e. The maximum absolute atomic E-state index is 10.3. The zero-order chi connectivity index (χ0) is 13.0. The van der Waals surface area contributed by atoms with Gasteiger partial charge in [-0.05, 0) is 27.7 Å². The summed E-state index contributed by atoms with van der Waals surface area (Å²) >= 11 is 0. The van der Waals surface area contributed by atoms with Gasteiger partial charge in [0.1, 0.15) is 5.82 Å². The summed E-state index contributed by atoms with van der Waals surface area (Å²) in [6.07, 6.45) is 2.78. The predicted molar refractivity (Wildman–Crippen MR) is 61.4 cm³/mol. The highest BCUT2D eigenvalue weighted by molar-refractivity contribution is 5.11. The number of imidazole rings is 1. The third-order valence-electron chi connectivity index (χ3n) is 4.20. The van der Waals surface area contributed by atoms with E-state index in [2.05, 4.69) is 4.98 Å². The zero-order valence-electron chi connectivity index (χ0n) is 10.9. The average molecular weight is 240 g/mol. The fourth-order valence-corrected chi connectivity index (χ4v) is 2.12. The molecule has 1 aliphatic rings. The van der Waals surface area contributed by atoms with Gasteiger partial charge in [0.15, 0.2) is 6.17 Å². The molecule has 0 spiro atoms. The van der Waals surface area contributed by atoms with E-state index in [4.69, 9.17) is 0 Å². The van der Waals surface area contributed by atoms with Crippen molar-refractivity contribution < 1.29 is 10.4 Å². The number of aryl methyl sites for hydroxylation is 1. The first-order chi connectivity index (χ1) is 7.71. The molecular weight excluding hydrogens is 220 g/mol. The number of hydrogen-bond acceptors (Lipinski definition) is 5. The molecule has 0 bridgehead atoms. The summed E-state index contributed by atoms with van der Waals surface area (Å²) in [6, 6.07) is 0. The van der Waals surface area contributed by atoms with Crippen molar-refractivity contribution in [1.82, 2.24) is 19.7 Å². The summed E-state index contributed by atoms with van der Waals surface area (Å²) in [5, 5.41) is 22.9.